The lowest BCUT2D eigenvalue weighted by Gasteiger charge is -2.35. The predicted octanol–water partition coefficient (Wildman–Crippen LogP) is 3.29. The Bertz CT molecular complexity index is 1190. The fourth-order valence-corrected chi connectivity index (χ4v) is 4.02. The fourth-order valence-electron chi connectivity index (χ4n) is 4.02. The maximum atomic E-state index is 12.7. The van der Waals surface area contributed by atoms with Crippen LogP contribution in [0.15, 0.2) is 78.9 Å². The molecule has 0 aliphatic carbocycles. The van der Waals surface area contributed by atoms with Crippen molar-refractivity contribution in [3.63, 3.8) is 0 Å². The van der Waals surface area contributed by atoms with Crippen LogP contribution >= 0.6 is 0 Å². The number of para-hydroxylation sites is 1. The van der Waals surface area contributed by atoms with Gasteiger partial charge in [-0.1, -0.05) is 48.5 Å². The third kappa shape index (κ3) is 6.42. The third-order valence-corrected chi connectivity index (χ3v) is 5.89. The molecule has 0 spiro atoms. The number of anilines is 2. The molecule has 9 nitrogen and oxygen atoms in total. The van der Waals surface area contributed by atoms with Gasteiger partial charge in [-0.05, 0) is 23.8 Å². The first-order valence-electron chi connectivity index (χ1n) is 11.4. The Kier molecular flexibility index (Phi) is 7.69. The number of nitrogens with zero attached hydrogens (tertiary/aromatic N) is 3. The van der Waals surface area contributed by atoms with Gasteiger partial charge in [0.2, 0.25) is 5.91 Å². The number of non-ortho nitro benzene ring substituents is 1. The van der Waals surface area contributed by atoms with Gasteiger partial charge in [-0.15, -0.1) is 0 Å². The second-order valence-corrected chi connectivity index (χ2v) is 8.30. The lowest BCUT2D eigenvalue weighted by atomic mass is 10.1. The molecule has 1 aliphatic heterocycles. The van der Waals surface area contributed by atoms with Crippen LogP contribution in [0.5, 0.6) is 0 Å². The predicted molar refractivity (Wildman–Crippen MR) is 134 cm³/mol. The van der Waals surface area contributed by atoms with Gasteiger partial charge in [0.05, 0.1) is 22.7 Å². The summed E-state index contributed by atoms with van der Waals surface area (Å²) in [5.74, 6) is -0.451. The van der Waals surface area contributed by atoms with E-state index in [4.69, 9.17) is 0 Å². The molecular weight excluding hydrogens is 446 g/mol. The Morgan fingerprint density at radius 1 is 0.886 bits per heavy atom. The second kappa shape index (κ2) is 11.3. The maximum absolute atomic E-state index is 12.7. The van der Waals surface area contributed by atoms with Crippen molar-refractivity contribution in [2.24, 2.45) is 0 Å². The third-order valence-electron chi connectivity index (χ3n) is 5.89. The molecule has 0 aromatic heterocycles. The molecule has 35 heavy (non-hydrogen) atoms. The molecule has 180 valence electrons. The highest BCUT2D eigenvalue weighted by atomic mass is 16.6. The van der Waals surface area contributed by atoms with E-state index in [2.05, 4.69) is 15.5 Å². The summed E-state index contributed by atoms with van der Waals surface area (Å²) in [6.07, 6.45) is 0. The number of nitrogens with one attached hydrogen (secondary N) is 2. The topological polar surface area (TPSA) is 108 Å². The molecule has 2 amide bonds. The number of piperazine rings is 1. The smallest absolute Gasteiger partial charge is 0.271 e. The summed E-state index contributed by atoms with van der Waals surface area (Å²) in [5, 5.41) is 16.8. The summed E-state index contributed by atoms with van der Waals surface area (Å²) in [6, 6.07) is 23.2. The van der Waals surface area contributed by atoms with Crippen molar-refractivity contribution < 1.29 is 14.5 Å². The molecular formula is C26H27N5O4. The highest BCUT2D eigenvalue weighted by Crippen LogP contribution is 2.22. The SMILES string of the molecule is O=C(CN1CCN(c2cccc([N+](=O)[O-])c2)CC1)Nc1ccccc1C(=O)NCc1ccccc1. The average molecular weight is 474 g/mol. The standard InChI is InChI=1S/C26H27N5O4/c32-25(19-29-13-15-30(16-14-29)21-9-6-10-22(17-21)31(34)35)28-24-12-5-4-11-23(24)26(33)27-18-20-7-2-1-3-8-20/h1-12,17H,13-16,18-19H2,(H,27,33)(H,28,32). The van der Waals surface area contributed by atoms with E-state index in [1.165, 1.54) is 6.07 Å². The number of carbonyl (C=O) groups excluding carboxylic acids is 2. The molecule has 2 N–H and O–H groups in total. The van der Waals surface area contributed by atoms with Gasteiger partial charge in [-0.25, -0.2) is 0 Å². The molecule has 0 atom stereocenters. The van der Waals surface area contributed by atoms with Crippen molar-refractivity contribution in [2.45, 2.75) is 6.54 Å². The van der Waals surface area contributed by atoms with Crippen LogP contribution in [0.3, 0.4) is 0 Å². The van der Waals surface area contributed by atoms with Crippen LogP contribution in [0.4, 0.5) is 17.1 Å². The minimum atomic E-state index is -0.399. The Balaban J connectivity index is 1.30. The molecule has 3 aromatic carbocycles. The zero-order valence-electron chi connectivity index (χ0n) is 19.2. The van der Waals surface area contributed by atoms with Crippen LogP contribution in [0.2, 0.25) is 0 Å². The molecule has 3 aromatic rings. The number of benzene rings is 3. The Hall–Kier alpha value is -4.24. The summed E-state index contributed by atoms with van der Waals surface area (Å²) in [5.41, 5.74) is 2.74. The van der Waals surface area contributed by atoms with Crippen LogP contribution in [0.1, 0.15) is 15.9 Å². The van der Waals surface area contributed by atoms with E-state index in [0.717, 1.165) is 11.3 Å². The van der Waals surface area contributed by atoms with Crippen LogP contribution in [-0.2, 0) is 11.3 Å². The quantitative estimate of drug-likeness (QED) is 0.384. The molecule has 0 radical (unpaired) electrons. The molecule has 0 saturated carbocycles. The Morgan fingerprint density at radius 2 is 1.60 bits per heavy atom. The van der Waals surface area contributed by atoms with Crippen LogP contribution in [0.25, 0.3) is 0 Å². The first-order chi connectivity index (χ1) is 17.0. The summed E-state index contributed by atoms with van der Waals surface area (Å²) in [7, 11) is 0. The number of hydrogen-bond donors (Lipinski definition) is 2. The second-order valence-electron chi connectivity index (χ2n) is 8.30. The number of carbonyl (C=O) groups is 2. The van der Waals surface area contributed by atoms with E-state index < -0.39 is 4.92 Å². The van der Waals surface area contributed by atoms with E-state index >= 15 is 0 Å². The zero-order valence-corrected chi connectivity index (χ0v) is 19.2. The molecule has 9 heteroatoms. The van der Waals surface area contributed by atoms with Gasteiger partial charge in [0.15, 0.2) is 0 Å². The number of nitro groups is 1. The first kappa shape index (κ1) is 23.9. The van der Waals surface area contributed by atoms with E-state index in [0.29, 0.717) is 44.0 Å². The minimum absolute atomic E-state index is 0.0655. The van der Waals surface area contributed by atoms with Crippen LogP contribution in [-0.4, -0.2) is 54.4 Å². The molecule has 1 fully saturated rings. The Labute approximate surface area is 203 Å². The summed E-state index contributed by atoms with van der Waals surface area (Å²) >= 11 is 0. The summed E-state index contributed by atoms with van der Waals surface area (Å²) < 4.78 is 0. The van der Waals surface area contributed by atoms with E-state index in [9.17, 15) is 19.7 Å². The van der Waals surface area contributed by atoms with Crippen molar-refractivity contribution in [1.29, 1.82) is 0 Å². The zero-order chi connectivity index (χ0) is 24.6. The Morgan fingerprint density at radius 3 is 2.34 bits per heavy atom. The van der Waals surface area contributed by atoms with Crippen molar-refractivity contribution in [3.05, 3.63) is 100 Å². The van der Waals surface area contributed by atoms with Crippen molar-refractivity contribution >= 4 is 28.9 Å². The number of rotatable bonds is 8. The van der Waals surface area contributed by atoms with E-state index in [1.54, 1.807) is 36.4 Å². The summed E-state index contributed by atoms with van der Waals surface area (Å²) in [4.78, 5) is 40.2. The fraction of sp³-hybridized carbons (Fsp3) is 0.231. The van der Waals surface area contributed by atoms with Crippen LogP contribution < -0.4 is 15.5 Å². The molecule has 1 heterocycles. The maximum Gasteiger partial charge on any atom is 0.271 e. The number of hydrogen-bond acceptors (Lipinski definition) is 6. The lowest BCUT2D eigenvalue weighted by molar-refractivity contribution is -0.384. The highest BCUT2D eigenvalue weighted by molar-refractivity contribution is 6.04. The molecule has 4 rings (SSSR count). The average Bonchev–Trinajstić information content (AvgIpc) is 2.88. The van der Waals surface area contributed by atoms with Gasteiger partial charge < -0.3 is 15.5 Å². The lowest BCUT2D eigenvalue weighted by Crippen LogP contribution is -2.48. The van der Waals surface area contributed by atoms with Crippen LogP contribution in [0, 0.1) is 10.1 Å². The normalized spacial score (nSPS) is 13.8. The van der Waals surface area contributed by atoms with E-state index in [-0.39, 0.29) is 24.0 Å². The van der Waals surface area contributed by atoms with Crippen molar-refractivity contribution in [3.8, 4) is 0 Å². The monoisotopic (exact) mass is 473 g/mol. The number of amides is 2. The minimum Gasteiger partial charge on any atom is -0.369 e. The van der Waals surface area contributed by atoms with Crippen molar-refractivity contribution in [2.75, 3.05) is 42.9 Å². The molecule has 1 saturated heterocycles. The largest absolute Gasteiger partial charge is 0.369 e. The summed E-state index contributed by atoms with van der Waals surface area (Å²) in [6.45, 7) is 3.21. The highest BCUT2D eigenvalue weighted by Gasteiger charge is 2.21. The van der Waals surface area contributed by atoms with E-state index in [1.807, 2.05) is 41.3 Å². The molecule has 0 bridgehead atoms. The molecule has 1 aliphatic rings. The van der Waals surface area contributed by atoms with Crippen molar-refractivity contribution in [1.82, 2.24) is 10.2 Å². The van der Waals surface area contributed by atoms with Gasteiger partial charge in [0, 0.05) is 50.5 Å². The van der Waals surface area contributed by atoms with Gasteiger partial charge in [-0.2, -0.15) is 0 Å². The van der Waals surface area contributed by atoms with Gasteiger partial charge >= 0.3 is 0 Å². The number of nitro benzene ring substituents is 1. The van der Waals surface area contributed by atoms with Gasteiger partial charge in [0.1, 0.15) is 0 Å². The van der Waals surface area contributed by atoms with Gasteiger partial charge in [0.25, 0.3) is 11.6 Å². The first-order valence-corrected chi connectivity index (χ1v) is 11.4. The van der Waals surface area contributed by atoms with Gasteiger partial charge in [-0.3, -0.25) is 24.6 Å². The molecule has 0 unspecified atom stereocenters.